The lowest BCUT2D eigenvalue weighted by atomic mass is 9.80. The summed E-state index contributed by atoms with van der Waals surface area (Å²) in [5.41, 5.74) is 2.57. The van der Waals surface area contributed by atoms with E-state index in [9.17, 15) is 5.11 Å². The molecule has 1 fully saturated rings. The van der Waals surface area contributed by atoms with Crippen LogP contribution in [0.1, 0.15) is 43.9 Å². The molecule has 0 radical (unpaired) electrons. The highest BCUT2D eigenvalue weighted by Crippen LogP contribution is 2.31. The van der Waals surface area contributed by atoms with Crippen molar-refractivity contribution in [3.8, 4) is 5.75 Å². The third-order valence-corrected chi connectivity index (χ3v) is 4.68. The molecule has 1 aromatic carbocycles. The molecule has 0 spiro atoms. The molecular formula is C17H28N2O. The maximum absolute atomic E-state index is 9.99. The van der Waals surface area contributed by atoms with Gasteiger partial charge in [-0.1, -0.05) is 24.6 Å². The molecule has 0 saturated carbocycles. The van der Waals surface area contributed by atoms with Crippen molar-refractivity contribution in [3.63, 3.8) is 0 Å². The fourth-order valence-corrected chi connectivity index (χ4v) is 2.87. The van der Waals surface area contributed by atoms with Gasteiger partial charge in [0.2, 0.25) is 0 Å². The van der Waals surface area contributed by atoms with Gasteiger partial charge in [-0.25, -0.2) is 0 Å². The molecule has 0 bridgehead atoms. The molecule has 3 heteroatoms. The van der Waals surface area contributed by atoms with Crippen LogP contribution in [0, 0.1) is 12.3 Å². The summed E-state index contributed by atoms with van der Waals surface area (Å²) in [6.45, 7) is 9.94. The second-order valence-corrected chi connectivity index (χ2v) is 6.78. The highest BCUT2D eigenvalue weighted by Gasteiger charge is 2.29. The first kappa shape index (κ1) is 15.3. The molecule has 0 aromatic heterocycles. The fraction of sp³-hybridized carbons (Fsp3) is 0.647. The first-order valence-electron chi connectivity index (χ1n) is 7.61. The largest absolute Gasteiger partial charge is 0.508 e. The highest BCUT2D eigenvalue weighted by molar-refractivity contribution is 5.37. The van der Waals surface area contributed by atoms with Crippen LogP contribution in [0.3, 0.4) is 0 Å². The van der Waals surface area contributed by atoms with Gasteiger partial charge in [0.05, 0.1) is 0 Å². The molecule has 1 atom stereocenters. The quantitative estimate of drug-likeness (QED) is 0.887. The summed E-state index contributed by atoms with van der Waals surface area (Å²) in [7, 11) is 2.19. The molecule has 2 rings (SSSR count). The van der Waals surface area contributed by atoms with Crippen LogP contribution < -0.4 is 5.32 Å². The average Bonchev–Trinajstić information content (AvgIpc) is 2.43. The number of likely N-dealkylation sites (tertiary alicyclic amines) is 1. The van der Waals surface area contributed by atoms with E-state index in [1.807, 2.05) is 6.07 Å². The Bertz CT molecular complexity index is 450. The monoisotopic (exact) mass is 276 g/mol. The van der Waals surface area contributed by atoms with Crippen LogP contribution in [0.5, 0.6) is 5.75 Å². The van der Waals surface area contributed by atoms with Crippen molar-refractivity contribution in [2.45, 2.75) is 39.7 Å². The van der Waals surface area contributed by atoms with Crippen LogP contribution >= 0.6 is 0 Å². The van der Waals surface area contributed by atoms with Crippen molar-refractivity contribution in [1.29, 1.82) is 0 Å². The van der Waals surface area contributed by atoms with E-state index < -0.39 is 0 Å². The van der Waals surface area contributed by atoms with Crippen molar-refractivity contribution in [1.82, 2.24) is 10.2 Å². The van der Waals surface area contributed by atoms with Gasteiger partial charge in [-0.15, -0.1) is 0 Å². The molecule has 2 N–H and O–H groups in total. The molecule has 1 aromatic rings. The lowest BCUT2D eigenvalue weighted by Gasteiger charge is -2.38. The summed E-state index contributed by atoms with van der Waals surface area (Å²) in [4.78, 5) is 2.40. The Kier molecular flexibility index (Phi) is 4.71. The Labute approximate surface area is 123 Å². The van der Waals surface area contributed by atoms with Crippen LogP contribution in [0.2, 0.25) is 0 Å². The zero-order chi connectivity index (χ0) is 14.8. The molecule has 0 aliphatic carbocycles. The van der Waals surface area contributed by atoms with Gasteiger partial charge in [-0.3, -0.25) is 0 Å². The summed E-state index contributed by atoms with van der Waals surface area (Å²) in [6, 6.07) is 6.00. The van der Waals surface area contributed by atoms with E-state index in [0.29, 0.717) is 11.2 Å². The summed E-state index contributed by atoms with van der Waals surface area (Å²) >= 11 is 0. The predicted molar refractivity (Wildman–Crippen MR) is 84.1 cm³/mol. The second-order valence-electron chi connectivity index (χ2n) is 6.78. The van der Waals surface area contributed by atoms with E-state index in [-0.39, 0.29) is 6.04 Å². The van der Waals surface area contributed by atoms with Crippen LogP contribution in [0.15, 0.2) is 18.2 Å². The van der Waals surface area contributed by atoms with E-state index in [4.69, 9.17) is 0 Å². The number of nitrogens with one attached hydrogen (secondary N) is 1. The maximum Gasteiger partial charge on any atom is 0.120 e. The van der Waals surface area contributed by atoms with Gasteiger partial charge < -0.3 is 15.3 Å². The highest BCUT2D eigenvalue weighted by atomic mass is 16.3. The number of aromatic hydroxyl groups is 1. The molecule has 1 heterocycles. The van der Waals surface area contributed by atoms with E-state index >= 15 is 0 Å². The first-order valence-corrected chi connectivity index (χ1v) is 7.61. The van der Waals surface area contributed by atoms with Gasteiger partial charge in [-0.2, -0.15) is 0 Å². The Morgan fingerprint density at radius 2 is 2.00 bits per heavy atom. The first-order chi connectivity index (χ1) is 9.39. The Morgan fingerprint density at radius 1 is 1.35 bits per heavy atom. The molecule has 112 valence electrons. The number of piperidine rings is 1. The molecule has 20 heavy (non-hydrogen) atoms. The molecule has 1 aliphatic heterocycles. The third-order valence-electron chi connectivity index (χ3n) is 4.68. The van der Waals surface area contributed by atoms with E-state index in [1.54, 1.807) is 6.07 Å². The Balaban J connectivity index is 1.95. The van der Waals surface area contributed by atoms with Gasteiger partial charge in [0.15, 0.2) is 0 Å². The smallest absolute Gasteiger partial charge is 0.120 e. The van der Waals surface area contributed by atoms with Crippen LogP contribution in [0.25, 0.3) is 0 Å². The topological polar surface area (TPSA) is 35.5 Å². The summed E-state index contributed by atoms with van der Waals surface area (Å²) in [5, 5.41) is 13.6. The normalized spacial score (nSPS) is 20.8. The van der Waals surface area contributed by atoms with Crippen molar-refractivity contribution < 1.29 is 5.11 Å². The van der Waals surface area contributed by atoms with Crippen molar-refractivity contribution in [2.24, 2.45) is 5.41 Å². The number of aryl methyl sites for hydroxylation is 1. The van der Waals surface area contributed by atoms with E-state index in [2.05, 4.69) is 44.1 Å². The minimum absolute atomic E-state index is 0.186. The number of rotatable bonds is 4. The molecule has 0 amide bonds. The number of hydrogen-bond donors (Lipinski definition) is 2. The number of hydrogen-bond acceptors (Lipinski definition) is 3. The lowest BCUT2D eigenvalue weighted by Crippen LogP contribution is -2.42. The summed E-state index contributed by atoms with van der Waals surface area (Å²) in [6.07, 6.45) is 2.48. The zero-order valence-electron chi connectivity index (χ0n) is 13.2. The molecular weight excluding hydrogens is 248 g/mol. The molecule has 3 nitrogen and oxygen atoms in total. The minimum atomic E-state index is 0.186. The number of nitrogens with zero attached hydrogens (tertiary/aromatic N) is 1. The van der Waals surface area contributed by atoms with Crippen LogP contribution in [0.4, 0.5) is 0 Å². The second kappa shape index (κ2) is 6.15. The lowest BCUT2D eigenvalue weighted by molar-refractivity contribution is 0.134. The SMILES string of the molecule is Cc1ccc(O)c(C(C)NCC2(C)CCN(C)CC2)c1. The third kappa shape index (κ3) is 3.74. The van der Waals surface area contributed by atoms with E-state index in [0.717, 1.165) is 12.1 Å². The van der Waals surface area contributed by atoms with Crippen molar-refractivity contribution in [2.75, 3.05) is 26.7 Å². The average molecular weight is 276 g/mol. The standard InChI is InChI=1S/C17H28N2O/c1-13-5-6-16(20)15(11-13)14(2)18-12-17(3)7-9-19(4)10-8-17/h5-6,11,14,18,20H,7-10,12H2,1-4H3. The maximum atomic E-state index is 9.99. The van der Waals surface area contributed by atoms with Crippen LogP contribution in [-0.4, -0.2) is 36.7 Å². The van der Waals surface area contributed by atoms with Gasteiger partial charge in [0.1, 0.15) is 5.75 Å². The molecule has 1 aliphatic rings. The van der Waals surface area contributed by atoms with Gasteiger partial charge in [-0.05, 0) is 58.3 Å². The summed E-state index contributed by atoms with van der Waals surface area (Å²) in [5.74, 6) is 0.393. The van der Waals surface area contributed by atoms with Gasteiger partial charge in [0.25, 0.3) is 0 Å². The predicted octanol–water partition coefficient (Wildman–Crippen LogP) is 3.08. The number of phenolic OH excluding ortho intramolecular Hbond substituents is 1. The van der Waals surface area contributed by atoms with Crippen LogP contribution in [-0.2, 0) is 0 Å². The number of phenols is 1. The van der Waals surface area contributed by atoms with E-state index in [1.165, 1.54) is 31.5 Å². The number of benzene rings is 1. The Hall–Kier alpha value is -1.06. The minimum Gasteiger partial charge on any atom is -0.508 e. The zero-order valence-corrected chi connectivity index (χ0v) is 13.2. The van der Waals surface area contributed by atoms with Crippen molar-refractivity contribution >= 4 is 0 Å². The molecule has 1 unspecified atom stereocenters. The van der Waals surface area contributed by atoms with Crippen molar-refractivity contribution in [3.05, 3.63) is 29.3 Å². The van der Waals surface area contributed by atoms with Gasteiger partial charge in [0, 0.05) is 18.2 Å². The molecule has 1 saturated heterocycles. The Morgan fingerprint density at radius 3 is 2.65 bits per heavy atom. The van der Waals surface area contributed by atoms with Gasteiger partial charge >= 0.3 is 0 Å². The summed E-state index contributed by atoms with van der Waals surface area (Å²) < 4.78 is 0. The fourth-order valence-electron chi connectivity index (χ4n) is 2.87.